The average molecular weight is 234 g/mol. The molecule has 1 heterocycles. The molecule has 0 saturated heterocycles. The summed E-state index contributed by atoms with van der Waals surface area (Å²) >= 11 is 6.03. The van der Waals surface area contributed by atoms with Gasteiger partial charge < -0.3 is 5.73 Å². The number of halogens is 1. The third-order valence-corrected chi connectivity index (χ3v) is 2.45. The van der Waals surface area contributed by atoms with E-state index in [-0.39, 0.29) is 0 Å². The van der Waals surface area contributed by atoms with E-state index in [4.69, 9.17) is 22.6 Å². The molecule has 1 aromatic carbocycles. The first-order chi connectivity index (χ1) is 7.76. The van der Waals surface area contributed by atoms with Gasteiger partial charge in [-0.25, -0.2) is 4.68 Å². The Morgan fingerprint density at radius 2 is 2.31 bits per heavy atom. The zero-order chi connectivity index (χ0) is 11.5. The quantitative estimate of drug-likeness (QED) is 0.847. The van der Waals surface area contributed by atoms with Crippen molar-refractivity contribution in [3.8, 4) is 11.8 Å². The lowest BCUT2D eigenvalue weighted by molar-refractivity contribution is 0.761. The lowest BCUT2D eigenvalue weighted by Gasteiger charge is -2.06. The van der Waals surface area contributed by atoms with E-state index in [9.17, 15) is 0 Å². The third-order valence-electron chi connectivity index (χ3n) is 2.13. The molecule has 2 N–H and O–H groups in total. The van der Waals surface area contributed by atoms with Gasteiger partial charge in [0.1, 0.15) is 0 Å². The second-order valence-electron chi connectivity index (χ2n) is 3.12. The molecular formula is C10H8ClN5. The molecule has 80 valence electrons. The Morgan fingerprint density at radius 3 is 3.00 bits per heavy atom. The number of hydrogen-bond acceptors (Lipinski definition) is 4. The van der Waals surface area contributed by atoms with Gasteiger partial charge in [0.05, 0.1) is 34.2 Å². The summed E-state index contributed by atoms with van der Waals surface area (Å²) in [5, 5.41) is 17.0. The van der Waals surface area contributed by atoms with Crippen LogP contribution in [-0.2, 0) is 6.54 Å². The highest BCUT2D eigenvalue weighted by atomic mass is 35.5. The predicted molar refractivity (Wildman–Crippen MR) is 59.0 cm³/mol. The first-order valence-corrected chi connectivity index (χ1v) is 4.93. The number of hydrogen-bond donors (Lipinski definition) is 1. The minimum atomic E-state index is 0.306. The maximum absolute atomic E-state index is 8.81. The molecule has 16 heavy (non-hydrogen) atoms. The highest BCUT2D eigenvalue weighted by Gasteiger charge is 2.09. The van der Waals surface area contributed by atoms with Gasteiger partial charge in [-0.2, -0.15) is 5.26 Å². The number of benzene rings is 1. The van der Waals surface area contributed by atoms with E-state index in [1.165, 1.54) is 4.68 Å². The van der Waals surface area contributed by atoms with Crippen molar-refractivity contribution in [2.75, 3.05) is 0 Å². The van der Waals surface area contributed by atoms with Crippen LogP contribution in [0.2, 0.25) is 5.02 Å². The molecule has 0 aliphatic carbocycles. The van der Waals surface area contributed by atoms with E-state index < -0.39 is 0 Å². The molecule has 0 unspecified atom stereocenters. The molecule has 0 spiro atoms. The van der Waals surface area contributed by atoms with Crippen molar-refractivity contribution < 1.29 is 0 Å². The van der Waals surface area contributed by atoms with E-state index in [0.29, 0.717) is 22.8 Å². The largest absolute Gasteiger partial charge is 0.325 e. The minimum absolute atomic E-state index is 0.306. The van der Waals surface area contributed by atoms with Crippen molar-refractivity contribution in [2.24, 2.45) is 5.73 Å². The molecule has 6 heteroatoms. The van der Waals surface area contributed by atoms with Crippen LogP contribution in [0.15, 0.2) is 24.4 Å². The molecular weight excluding hydrogens is 226 g/mol. The summed E-state index contributed by atoms with van der Waals surface area (Å²) in [5.74, 6) is 0. The first-order valence-electron chi connectivity index (χ1n) is 4.56. The van der Waals surface area contributed by atoms with Crippen LogP contribution in [0.3, 0.4) is 0 Å². The summed E-state index contributed by atoms with van der Waals surface area (Å²) in [7, 11) is 0. The van der Waals surface area contributed by atoms with Crippen LogP contribution >= 0.6 is 11.6 Å². The number of nitriles is 1. The number of aromatic nitrogens is 3. The van der Waals surface area contributed by atoms with E-state index in [1.54, 1.807) is 24.4 Å². The van der Waals surface area contributed by atoms with E-state index in [0.717, 1.165) is 5.69 Å². The van der Waals surface area contributed by atoms with Crippen LogP contribution in [0.1, 0.15) is 11.3 Å². The Hall–Kier alpha value is -1.90. The van der Waals surface area contributed by atoms with Gasteiger partial charge in [-0.1, -0.05) is 16.8 Å². The molecule has 2 rings (SSSR count). The standard InChI is InChI=1S/C10H8ClN5/c11-9-2-1-7(4-12)3-10(9)16-8(5-13)6-14-15-16/h1-3,6H,5,13H2. The maximum atomic E-state index is 8.81. The van der Waals surface area contributed by atoms with Crippen LogP contribution in [0.4, 0.5) is 0 Å². The zero-order valence-corrected chi connectivity index (χ0v) is 9.02. The molecule has 0 saturated carbocycles. The third kappa shape index (κ3) is 1.76. The summed E-state index contributed by atoms with van der Waals surface area (Å²) in [6, 6.07) is 6.99. The Bertz CT molecular complexity index is 555. The lowest BCUT2D eigenvalue weighted by Crippen LogP contribution is -2.07. The molecule has 0 atom stereocenters. The Kier molecular flexibility index (Phi) is 2.86. The summed E-state index contributed by atoms with van der Waals surface area (Å²) in [5.41, 5.74) is 7.40. The van der Waals surface area contributed by atoms with Crippen LogP contribution in [0.5, 0.6) is 0 Å². The van der Waals surface area contributed by atoms with Gasteiger partial charge >= 0.3 is 0 Å². The van der Waals surface area contributed by atoms with Crippen LogP contribution in [0.25, 0.3) is 5.69 Å². The minimum Gasteiger partial charge on any atom is -0.325 e. The smallest absolute Gasteiger partial charge is 0.0992 e. The summed E-state index contributed by atoms with van der Waals surface area (Å²) in [6.45, 7) is 0.306. The second-order valence-corrected chi connectivity index (χ2v) is 3.53. The molecule has 0 amide bonds. The molecule has 0 aliphatic rings. The topological polar surface area (TPSA) is 80.5 Å². The fourth-order valence-electron chi connectivity index (χ4n) is 1.34. The van der Waals surface area contributed by atoms with Crippen LogP contribution in [-0.4, -0.2) is 15.0 Å². The maximum Gasteiger partial charge on any atom is 0.0992 e. The van der Waals surface area contributed by atoms with Crippen LogP contribution in [0, 0.1) is 11.3 Å². The fourth-order valence-corrected chi connectivity index (χ4v) is 1.54. The van der Waals surface area contributed by atoms with Gasteiger partial charge in [-0.3, -0.25) is 0 Å². The average Bonchev–Trinajstić information content (AvgIpc) is 2.77. The number of nitrogens with zero attached hydrogens (tertiary/aromatic N) is 4. The van der Waals surface area contributed by atoms with Gasteiger partial charge in [0.2, 0.25) is 0 Å². The van der Waals surface area contributed by atoms with E-state index >= 15 is 0 Å². The van der Waals surface area contributed by atoms with Crippen molar-refractivity contribution in [3.63, 3.8) is 0 Å². The normalized spacial score (nSPS) is 10.1. The van der Waals surface area contributed by atoms with Gasteiger partial charge in [0, 0.05) is 6.54 Å². The molecule has 2 aromatic rings. The van der Waals surface area contributed by atoms with Crippen molar-refractivity contribution in [3.05, 3.63) is 40.7 Å². The van der Waals surface area contributed by atoms with Crippen molar-refractivity contribution in [1.82, 2.24) is 15.0 Å². The summed E-state index contributed by atoms with van der Waals surface area (Å²) < 4.78 is 1.53. The van der Waals surface area contributed by atoms with Crippen molar-refractivity contribution in [1.29, 1.82) is 5.26 Å². The highest BCUT2D eigenvalue weighted by Crippen LogP contribution is 2.21. The number of nitrogens with two attached hydrogens (primary N) is 1. The highest BCUT2D eigenvalue weighted by molar-refractivity contribution is 6.32. The lowest BCUT2D eigenvalue weighted by atomic mass is 10.2. The summed E-state index contributed by atoms with van der Waals surface area (Å²) in [6.07, 6.45) is 1.56. The molecule has 5 nitrogen and oxygen atoms in total. The van der Waals surface area contributed by atoms with Crippen molar-refractivity contribution in [2.45, 2.75) is 6.54 Å². The molecule has 0 fully saturated rings. The summed E-state index contributed by atoms with van der Waals surface area (Å²) in [4.78, 5) is 0. The van der Waals surface area contributed by atoms with Gasteiger partial charge in [-0.05, 0) is 18.2 Å². The Labute approximate surface area is 97.0 Å². The first kappa shape index (κ1) is 10.6. The number of rotatable bonds is 2. The van der Waals surface area contributed by atoms with Gasteiger partial charge in [0.15, 0.2) is 0 Å². The Morgan fingerprint density at radius 1 is 1.50 bits per heavy atom. The molecule has 0 aliphatic heterocycles. The van der Waals surface area contributed by atoms with Gasteiger partial charge in [-0.15, -0.1) is 5.10 Å². The molecule has 0 radical (unpaired) electrons. The molecule has 0 bridgehead atoms. The monoisotopic (exact) mass is 233 g/mol. The fraction of sp³-hybridized carbons (Fsp3) is 0.100. The van der Waals surface area contributed by atoms with E-state index in [2.05, 4.69) is 10.3 Å². The van der Waals surface area contributed by atoms with Crippen molar-refractivity contribution >= 4 is 11.6 Å². The predicted octanol–water partition coefficient (Wildman–Crippen LogP) is 1.25. The zero-order valence-electron chi connectivity index (χ0n) is 8.26. The van der Waals surface area contributed by atoms with Crippen LogP contribution < -0.4 is 5.73 Å². The Balaban J connectivity index is 2.60. The SMILES string of the molecule is N#Cc1ccc(Cl)c(-n2nncc2CN)c1. The molecule has 1 aromatic heterocycles. The van der Waals surface area contributed by atoms with E-state index in [1.807, 2.05) is 6.07 Å². The second kappa shape index (κ2) is 4.31. The van der Waals surface area contributed by atoms with Gasteiger partial charge in [0.25, 0.3) is 0 Å².